The van der Waals surface area contributed by atoms with Gasteiger partial charge in [0.2, 0.25) is 5.91 Å². The molecule has 3 unspecified atom stereocenters. The van der Waals surface area contributed by atoms with Crippen LogP contribution in [0.25, 0.3) is 10.8 Å². The molecular formula is C38H47N7O2. The molecule has 6 rings (SSSR count). The van der Waals surface area contributed by atoms with Crippen molar-refractivity contribution in [1.29, 1.82) is 5.26 Å². The first kappa shape index (κ1) is 32.7. The number of anilines is 1. The first-order valence-corrected chi connectivity index (χ1v) is 17.2. The zero-order valence-electron chi connectivity index (χ0n) is 27.6. The SMILES string of the molecule is C=CCCNC/C=C/C(=O)N1CCN(c2nc(OCC3CCCN3C)nc3c2CCC(c2cccc4ccccc24)C3)CC1CC#N. The first-order chi connectivity index (χ1) is 23.1. The fourth-order valence-corrected chi connectivity index (χ4v) is 7.40. The van der Waals surface area contributed by atoms with Gasteiger partial charge in [0.1, 0.15) is 12.4 Å². The van der Waals surface area contributed by atoms with Crippen LogP contribution >= 0.6 is 0 Å². The van der Waals surface area contributed by atoms with E-state index < -0.39 is 0 Å². The van der Waals surface area contributed by atoms with Crippen molar-refractivity contribution in [3.63, 3.8) is 0 Å². The summed E-state index contributed by atoms with van der Waals surface area (Å²) in [5, 5.41) is 15.6. The molecule has 2 saturated heterocycles. The number of amides is 1. The molecule has 3 aromatic rings. The highest BCUT2D eigenvalue weighted by Crippen LogP contribution is 2.39. The van der Waals surface area contributed by atoms with Gasteiger partial charge in [0.15, 0.2) is 0 Å². The van der Waals surface area contributed by atoms with Gasteiger partial charge in [-0.1, -0.05) is 54.6 Å². The minimum atomic E-state index is -0.228. The molecule has 1 aliphatic carbocycles. The second-order valence-electron chi connectivity index (χ2n) is 13.0. The van der Waals surface area contributed by atoms with Gasteiger partial charge in [0.05, 0.1) is 24.2 Å². The quantitative estimate of drug-likeness (QED) is 0.169. The minimum Gasteiger partial charge on any atom is -0.462 e. The fraction of sp³-hybridized carbons (Fsp3) is 0.474. The lowest BCUT2D eigenvalue weighted by molar-refractivity contribution is -0.128. The molecule has 3 atom stereocenters. The molecule has 0 spiro atoms. The number of nitrogens with one attached hydrogen (secondary N) is 1. The molecule has 0 bridgehead atoms. The van der Waals surface area contributed by atoms with Crippen LogP contribution in [0.5, 0.6) is 6.01 Å². The number of hydrogen-bond donors (Lipinski definition) is 1. The van der Waals surface area contributed by atoms with Crippen LogP contribution in [0.15, 0.2) is 67.3 Å². The lowest BCUT2D eigenvalue weighted by atomic mass is 9.80. The average Bonchev–Trinajstić information content (AvgIpc) is 3.52. The lowest BCUT2D eigenvalue weighted by Crippen LogP contribution is -2.55. The van der Waals surface area contributed by atoms with E-state index in [1.807, 2.05) is 17.1 Å². The summed E-state index contributed by atoms with van der Waals surface area (Å²) in [6.07, 6.45) is 11.5. The number of carbonyl (C=O) groups is 1. The van der Waals surface area contributed by atoms with Crippen molar-refractivity contribution in [2.45, 2.75) is 62.9 Å². The van der Waals surface area contributed by atoms with E-state index in [0.29, 0.717) is 50.8 Å². The summed E-state index contributed by atoms with van der Waals surface area (Å²) in [7, 11) is 2.15. The Balaban J connectivity index is 1.24. The predicted molar refractivity (Wildman–Crippen MR) is 187 cm³/mol. The van der Waals surface area contributed by atoms with Gasteiger partial charge >= 0.3 is 6.01 Å². The van der Waals surface area contributed by atoms with Gasteiger partial charge in [0, 0.05) is 43.9 Å². The Hall–Kier alpha value is -4.26. The summed E-state index contributed by atoms with van der Waals surface area (Å²) in [4.78, 5) is 29.8. The van der Waals surface area contributed by atoms with Crippen molar-refractivity contribution in [2.75, 3.05) is 57.8 Å². The largest absolute Gasteiger partial charge is 0.462 e. The van der Waals surface area contributed by atoms with Gasteiger partial charge in [0.25, 0.3) is 0 Å². The number of fused-ring (bicyclic) bond motifs is 2. The maximum Gasteiger partial charge on any atom is 0.318 e. The van der Waals surface area contributed by atoms with Crippen LogP contribution in [-0.4, -0.2) is 90.7 Å². The molecule has 2 aromatic carbocycles. The molecule has 3 aliphatic rings. The third kappa shape index (κ3) is 7.66. The van der Waals surface area contributed by atoms with Crippen molar-refractivity contribution >= 4 is 22.5 Å². The molecular weight excluding hydrogens is 586 g/mol. The summed E-state index contributed by atoms with van der Waals surface area (Å²) < 4.78 is 6.35. The molecule has 9 nitrogen and oxygen atoms in total. The number of piperazine rings is 1. The number of likely N-dealkylation sites (tertiary alicyclic amines) is 1. The molecule has 2 aliphatic heterocycles. The third-order valence-corrected chi connectivity index (χ3v) is 10.0. The van der Waals surface area contributed by atoms with Crippen LogP contribution in [0.2, 0.25) is 0 Å². The van der Waals surface area contributed by atoms with Gasteiger partial charge in [-0.05, 0) is 80.9 Å². The van der Waals surface area contributed by atoms with Crippen LogP contribution in [0.1, 0.15) is 54.8 Å². The highest BCUT2D eigenvalue weighted by molar-refractivity contribution is 5.88. The van der Waals surface area contributed by atoms with E-state index in [4.69, 9.17) is 14.7 Å². The number of benzene rings is 2. The topological polar surface area (TPSA) is 97.6 Å². The standard InChI is InChI=1S/C38H47N7O2/c1-3-4-20-40-21-8-15-36(46)45-24-23-44(26-30(45)18-19-39)37-34-17-16-29(33-14-7-11-28-10-5-6-13-32(28)33)25-35(34)41-38(42-37)47-27-31-12-9-22-43(31)2/h3,5-8,10-11,13-15,29-31,40H,1,4,9,12,16-18,20-27H2,2H3/b15-8+. The van der Waals surface area contributed by atoms with Gasteiger partial charge in [-0.2, -0.15) is 15.2 Å². The molecule has 1 aromatic heterocycles. The Bertz CT molecular complexity index is 1630. The molecule has 1 amide bonds. The maximum atomic E-state index is 13.2. The van der Waals surface area contributed by atoms with Gasteiger partial charge < -0.3 is 24.8 Å². The predicted octanol–water partition coefficient (Wildman–Crippen LogP) is 5.03. The Morgan fingerprint density at radius 3 is 2.83 bits per heavy atom. The van der Waals surface area contributed by atoms with E-state index in [1.165, 1.54) is 28.3 Å². The fourth-order valence-electron chi connectivity index (χ4n) is 7.40. The Kier molecular flexibility index (Phi) is 10.8. The normalized spacial score (nSPS) is 21.6. The third-order valence-electron chi connectivity index (χ3n) is 10.0. The molecule has 3 heterocycles. The van der Waals surface area contributed by atoms with Gasteiger partial charge in [-0.25, -0.2) is 0 Å². The second kappa shape index (κ2) is 15.6. The molecule has 0 saturated carbocycles. The number of hydrogen-bond acceptors (Lipinski definition) is 8. The Labute approximate surface area is 278 Å². The van der Waals surface area contributed by atoms with Crippen molar-refractivity contribution in [3.05, 3.63) is 84.1 Å². The van der Waals surface area contributed by atoms with E-state index in [9.17, 15) is 10.1 Å². The number of rotatable bonds is 12. The highest BCUT2D eigenvalue weighted by atomic mass is 16.5. The minimum absolute atomic E-state index is 0.0530. The lowest BCUT2D eigenvalue weighted by Gasteiger charge is -2.42. The van der Waals surface area contributed by atoms with Crippen LogP contribution in [0.4, 0.5) is 5.82 Å². The summed E-state index contributed by atoms with van der Waals surface area (Å²) >= 11 is 0. The number of aromatic nitrogens is 2. The number of nitrogens with zero attached hydrogens (tertiary/aromatic N) is 6. The van der Waals surface area contributed by atoms with Crippen LogP contribution in [0, 0.1) is 11.3 Å². The van der Waals surface area contributed by atoms with Crippen LogP contribution in [-0.2, 0) is 17.6 Å². The number of carbonyl (C=O) groups excluding carboxylic acids is 1. The first-order valence-electron chi connectivity index (χ1n) is 17.2. The van der Waals surface area contributed by atoms with E-state index in [1.54, 1.807) is 6.08 Å². The summed E-state index contributed by atoms with van der Waals surface area (Å²) in [6.45, 7) is 8.55. The summed E-state index contributed by atoms with van der Waals surface area (Å²) in [5.74, 6) is 1.20. The summed E-state index contributed by atoms with van der Waals surface area (Å²) in [6, 6.07) is 18.1. The molecule has 0 radical (unpaired) electrons. The molecule has 2 fully saturated rings. The van der Waals surface area contributed by atoms with Crippen LogP contribution < -0.4 is 15.0 Å². The maximum absolute atomic E-state index is 13.2. The van der Waals surface area contributed by atoms with Gasteiger partial charge in [-0.3, -0.25) is 4.79 Å². The van der Waals surface area contributed by atoms with E-state index in [0.717, 1.165) is 56.7 Å². The zero-order valence-corrected chi connectivity index (χ0v) is 27.6. The Morgan fingerprint density at radius 1 is 1.13 bits per heavy atom. The zero-order chi connectivity index (χ0) is 32.6. The molecule has 9 heteroatoms. The molecule has 246 valence electrons. The van der Waals surface area contributed by atoms with Crippen molar-refractivity contribution in [3.8, 4) is 12.1 Å². The van der Waals surface area contributed by atoms with Crippen molar-refractivity contribution in [1.82, 2.24) is 25.1 Å². The molecule has 47 heavy (non-hydrogen) atoms. The van der Waals surface area contributed by atoms with E-state index >= 15 is 0 Å². The number of nitriles is 1. The van der Waals surface area contributed by atoms with E-state index in [2.05, 4.69) is 77.3 Å². The average molecular weight is 634 g/mol. The van der Waals surface area contributed by atoms with Crippen LogP contribution in [0.3, 0.4) is 0 Å². The molecule has 1 N–H and O–H groups in total. The Morgan fingerprint density at radius 2 is 2.00 bits per heavy atom. The second-order valence-corrected chi connectivity index (χ2v) is 13.0. The monoisotopic (exact) mass is 633 g/mol. The van der Waals surface area contributed by atoms with Crippen molar-refractivity contribution < 1.29 is 9.53 Å². The number of likely N-dealkylation sites (N-methyl/N-ethyl adjacent to an activating group) is 1. The smallest absolute Gasteiger partial charge is 0.318 e. The summed E-state index contributed by atoms with van der Waals surface area (Å²) in [5.41, 5.74) is 3.60. The number of ether oxygens (including phenoxy) is 1. The van der Waals surface area contributed by atoms with Gasteiger partial charge in [-0.15, -0.1) is 6.58 Å². The van der Waals surface area contributed by atoms with Crippen molar-refractivity contribution in [2.24, 2.45) is 0 Å². The van der Waals surface area contributed by atoms with E-state index in [-0.39, 0.29) is 18.4 Å². The highest BCUT2D eigenvalue weighted by Gasteiger charge is 2.34.